The summed E-state index contributed by atoms with van der Waals surface area (Å²) in [5.74, 6) is -0.481. The minimum atomic E-state index is -4.55. The number of benzene rings is 1. The summed E-state index contributed by atoms with van der Waals surface area (Å²) >= 11 is 2.96. The van der Waals surface area contributed by atoms with E-state index in [9.17, 15) is 13.2 Å². The second kappa shape index (κ2) is 5.20. The van der Waals surface area contributed by atoms with Crippen molar-refractivity contribution >= 4 is 15.9 Å². The monoisotopic (exact) mass is 335 g/mol. The van der Waals surface area contributed by atoms with Crippen molar-refractivity contribution in [3.8, 4) is 5.75 Å². The summed E-state index contributed by atoms with van der Waals surface area (Å²) in [6, 6.07) is 6.95. The van der Waals surface area contributed by atoms with Gasteiger partial charge in [0.1, 0.15) is 5.75 Å². The molecule has 0 atom stereocenters. The standard InChI is InChI=1S/C11H9BrF3N3O/c1-19-8-4-2-7(3-5-8)6-18-10(12)16-9(17-18)11(13,14)15/h2-5H,6H2,1H3. The average molecular weight is 336 g/mol. The highest BCUT2D eigenvalue weighted by Crippen LogP contribution is 2.27. The van der Waals surface area contributed by atoms with E-state index in [0.29, 0.717) is 5.75 Å². The molecule has 1 aromatic heterocycles. The summed E-state index contributed by atoms with van der Waals surface area (Å²) in [7, 11) is 1.54. The van der Waals surface area contributed by atoms with Crippen LogP contribution in [0.5, 0.6) is 5.75 Å². The molecule has 2 aromatic rings. The van der Waals surface area contributed by atoms with E-state index in [1.807, 2.05) is 0 Å². The van der Waals surface area contributed by atoms with E-state index in [1.54, 1.807) is 31.4 Å². The van der Waals surface area contributed by atoms with Gasteiger partial charge in [0.05, 0.1) is 13.7 Å². The fraction of sp³-hybridized carbons (Fsp3) is 0.273. The third kappa shape index (κ3) is 3.25. The molecule has 0 radical (unpaired) electrons. The number of nitrogens with zero attached hydrogens (tertiary/aromatic N) is 3. The summed E-state index contributed by atoms with van der Waals surface area (Å²) in [6.45, 7) is 0.188. The second-order valence-electron chi connectivity index (χ2n) is 3.71. The van der Waals surface area contributed by atoms with E-state index in [0.717, 1.165) is 10.2 Å². The van der Waals surface area contributed by atoms with Crippen LogP contribution in [0.1, 0.15) is 11.4 Å². The quantitative estimate of drug-likeness (QED) is 0.865. The van der Waals surface area contributed by atoms with E-state index in [4.69, 9.17) is 4.74 Å². The zero-order valence-electron chi connectivity index (χ0n) is 9.78. The molecular formula is C11H9BrF3N3O. The Morgan fingerprint density at radius 1 is 1.26 bits per heavy atom. The summed E-state index contributed by atoms with van der Waals surface area (Å²) in [4.78, 5) is 3.33. The van der Waals surface area contributed by atoms with Crippen molar-refractivity contribution in [1.29, 1.82) is 0 Å². The number of alkyl halides is 3. The maximum absolute atomic E-state index is 12.4. The molecule has 4 nitrogen and oxygen atoms in total. The first kappa shape index (κ1) is 13.9. The lowest BCUT2D eigenvalue weighted by Gasteiger charge is -2.04. The van der Waals surface area contributed by atoms with Crippen LogP contribution >= 0.6 is 15.9 Å². The van der Waals surface area contributed by atoms with Crippen LogP contribution in [0.25, 0.3) is 0 Å². The minimum Gasteiger partial charge on any atom is -0.497 e. The molecular weight excluding hydrogens is 327 g/mol. The molecule has 0 spiro atoms. The molecule has 2 rings (SSSR count). The molecule has 0 saturated carbocycles. The molecule has 19 heavy (non-hydrogen) atoms. The highest BCUT2D eigenvalue weighted by molar-refractivity contribution is 9.10. The summed E-state index contributed by atoms with van der Waals surface area (Å²) in [5.41, 5.74) is 0.792. The molecule has 0 aliphatic rings. The summed E-state index contributed by atoms with van der Waals surface area (Å²) < 4.78 is 43.5. The van der Waals surface area contributed by atoms with Crippen molar-refractivity contribution in [3.63, 3.8) is 0 Å². The SMILES string of the molecule is COc1ccc(Cn2nc(C(F)(F)F)nc2Br)cc1. The zero-order chi connectivity index (χ0) is 14.0. The number of halogens is 4. The lowest BCUT2D eigenvalue weighted by molar-refractivity contribution is -0.145. The van der Waals surface area contributed by atoms with Crippen LogP contribution in [0, 0.1) is 0 Å². The van der Waals surface area contributed by atoms with Crippen molar-refractivity contribution in [3.05, 3.63) is 40.4 Å². The highest BCUT2D eigenvalue weighted by atomic mass is 79.9. The van der Waals surface area contributed by atoms with Crippen LogP contribution < -0.4 is 4.74 Å². The Morgan fingerprint density at radius 2 is 1.89 bits per heavy atom. The first-order chi connectivity index (χ1) is 8.90. The van der Waals surface area contributed by atoms with Gasteiger partial charge in [0.25, 0.3) is 5.82 Å². The Kier molecular flexibility index (Phi) is 3.79. The number of methoxy groups -OCH3 is 1. The van der Waals surface area contributed by atoms with Crippen LogP contribution in [0.3, 0.4) is 0 Å². The van der Waals surface area contributed by atoms with E-state index in [2.05, 4.69) is 26.0 Å². The van der Waals surface area contributed by atoms with Crippen molar-refractivity contribution in [2.24, 2.45) is 0 Å². The molecule has 0 amide bonds. The first-order valence-electron chi connectivity index (χ1n) is 5.20. The molecule has 0 aliphatic heterocycles. The topological polar surface area (TPSA) is 39.9 Å². The van der Waals surface area contributed by atoms with E-state index < -0.39 is 12.0 Å². The summed E-state index contributed by atoms with van der Waals surface area (Å²) in [5, 5.41) is 3.42. The molecule has 0 unspecified atom stereocenters. The Hall–Kier alpha value is -1.57. The Balaban J connectivity index is 2.20. The molecule has 0 saturated heterocycles. The van der Waals surface area contributed by atoms with Gasteiger partial charge in [-0.1, -0.05) is 12.1 Å². The van der Waals surface area contributed by atoms with Gasteiger partial charge in [-0.2, -0.15) is 18.2 Å². The van der Waals surface area contributed by atoms with Gasteiger partial charge in [0.2, 0.25) is 0 Å². The Morgan fingerprint density at radius 3 is 2.37 bits per heavy atom. The van der Waals surface area contributed by atoms with Gasteiger partial charge < -0.3 is 4.74 Å². The van der Waals surface area contributed by atoms with Crippen LogP contribution in [-0.2, 0) is 12.7 Å². The van der Waals surface area contributed by atoms with Gasteiger partial charge in [-0.25, -0.2) is 4.68 Å². The highest BCUT2D eigenvalue weighted by Gasteiger charge is 2.36. The largest absolute Gasteiger partial charge is 0.497 e. The van der Waals surface area contributed by atoms with Crippen LogP contribution in [-0.4, -0.2) is 21.9 Å². The Labute approximate surface area is 115 Å². The number of rotatable bonds is 3. The van der Waals surface area contributed by atoms with Crippen LogP contribution in [0.2, 0.25) is 0 Å². The number of hydrogen-bond donors (Lipinski definition) is 0. The van der Waals surface area contributed by atoms with Gasteiger partial charge >= 0.3 is 6.18 Å². The maximum atomic E-state index is 12.4. The summed E-state index contributed by atoms with van der Waals surface area (Å²) in [6.07, 6.45) is -4.55. The normalized spacial score (nSPS) is 11.6. The van der Waals surface area contributed by atoms with Crippen molar-refractivity contribution in [1.82, 2.24) is 14.8 Å². The molecule has 0 bridgehead atoms. The number of ether oxygens (including phenoxy) is 1. The fourth-order valence-electron chi connectivity index (χ4n) is 1.45. The van der Waals surface area contributed by atoms with Gasteiger partial charge in [0, 0.05) is 0 Å². The molecule has 8 heteroatoms. The predicted molar refractivity (Wildman–Crippen MR) is 64.8 cm³/mol. The van der Waals surface area contributed by atoms with E-state index in [-0.39, 0.29) is 11.3 Å². The van der Waals surface area contributed by atoms with Crippen LogP contribution in [0.15, 0.2) is 29.0 Å². The third-order valence-corrected chi connectivity index (χ3v) is 2.96. The van der Waals surface area contributed by atoms with Gasteiger partial charge in [-0.05, 0) is 33.6 Å². The predicted octanol–water partition coefficient (Wildman–Crippen LogP) is 3.12. The second-order valence-corrected chi connectivity index (χ2v) is 4.42. The van der Waals surface area contributed by atoms with Gasteiger partial charge in [-0.15, -0.1) is 5.10 Å². The molecule has 1 heterocycles. The van der Waals surface area contributed by atoms with Gasteiger partial charge in [-0.3, -0.25) is 0 Å². The fourth-order valence-corrected chi connectivity index (χ4v) is 1.82. The lowest BCUT2D eigenvalue weighted by Crippen LogP contribution is -2.09. The number of aromatic nitrogens is 3. The van der Waals surface area contributed by atoms with Crippen molar-refractivity contribution < 1.29 is 17.9 Å². The Bertz CT molecular complexity index is 566. The molecule has 0 fully saturated rings. The molecule has 102 valence electrons. The van der Waals surface area contributed by atoms with Crippen molar-refractivity contribution in [2.45, 2.75) is 12.7 Å². The minimum absolute atomic E-state index is 0.0376. The zero-order valence-corrected chi connectivity index (χ0v) is 11.4. The van der Waals surface area contributed by atoms with Crippen molar-refractivity contribution in [2.75, 3.05) is 7.11 Å². The average Bonchev–Trinajstić information content (AvgIpc) is 2.72. The molecule has 1 aromatic carbocycles. The third-order valence-electron chi connectivity index (χ3n) is 2.37. The van der Waals surface area contributed by atoms with Gasteiger partial charge in [0.15, 0.2) is 4.73 Å². The molecule has 0 aliphatic carbocycles. The smallest absolute Gasteiger partial charge is 0.453 e. The van der Waals surface area contributed by atoms with E-state index in [1.165, 1.54) is 0 Å². The van der Waals surface area contributed by atoms with Crippen LogP contribution in [0.4, 0.5) is 13.2 Å². The molecule has 0 N–H and O–H groups in total. The number of hydrogen-bond acceptors (Lipinski definition) is 3. The van der Waals surface area contributed by atoms with E-state index >= 15 is 0 Å². The maximum Gasteiger partial charge on any atom is 0.453 e. The first-order valence-corrected chi connectivity index (χ1v) is 6.00. The lowest BCUT2D eigenvalue weighted by atomic mass is 10.2.